The Hall–Kier alpha value is -0.890. The van der Waals surface area contributed by atoms with Gasteiger partial charge in [-0.15, -0.1) is 0 Å². The number of nitrogens with one attached hydrogen (secondary N) is 1. The van der Waals surface area contributed by atoms with Crippen molar-refractivity contribution < 1.29 is 50.0 Å². The Morgan fingerprint density at radius 3 is 1.38 bits per heavy atom. The summed E-state index contributed by atoms with van der Waals surface area (Å²) in [6.45, 7) is 5.79. The Labute approximate surface area is 367 Å². The van der Waals surface area contributed by atoms with E-state index in [0.29, 0.717) is 19.3 Å². The minimum absolute atomic E-state index is 0.266. The first kappa shape index (κ1) is 57.1. The third-order valence-corrected chi connectivity index (χ3v) is 13.0. The van der Waals surface area contributed by atoms with Crippen LogP contribution in [0.5, 0.6) is 0 Å². The molecule has 0 saturated carbocycles. The highest BCUT2D eigenvalue weighted by atomic mass is 16.7. The van der Waals surface area contributed by atoms with Gasteiger partial charge in [-0.25, -0.2) is 0 Å². The summed E-state index contributed by atoms with van der Waals surface area (Å²) in [5.74, 6) is 0.122. The summed E-state index contributed by atoms with van der Waals surface area (Å²) in [7, 11) is 0. The summed E-state index contributed by atoms with van der Waals surface area (Å²) in [6.07, 6.45) is 27.2. The molecule has 1 amide bonds. The second kappa shape index (κ2) is 38.6. The minimum atomic E-state index is -1.66. The summed E-state index contributed by atoms with van der Waals surface area (Å²) < 4.78 is 11.1. The van der Waals surface area contributed by atoms with Crippen LogP contribution >= 0.6 is 0 Å². The number of aliphatic hydroxyl groups excluding tert-OH is 7. The lowest BCUT2D eigenvalue weighted by Gasteiger charge is -2.40. The average molecular weight is 860 g/mol. The van der Waals surface area contributed by atoms with Gasteiger partial charge >= 0.3 is 0 Å². The molecular weight excluding hydrogens is 763 g/mol. The molecule has 11 nitrogen and oxygen atoms in total. The molecule has 10 atom stereocenters. The summed E-state index contributed by atoms with van der Waals surface area (Å²) in [4.78, 5) is 13.1. The van der Waals surface area contributed by atoms with Crippen LogP contribution in [0, 0.1) is 5.92 Å². The molecular formula is C49H97NO10. The highest BCUT2D eigenvalue weighted by Crippen LogP contribution is 2.23. The predicted molar refractivity (Wildman–Crippen MR) is 243 cm³/mol. The SMILES string of the molecule is CCCCCCCCCCCCCCCCCCCCCC[C@@H](O)C(=O)N[C@@H](CO[C@H]1O[C@H](CO)[C@H](O)[C@H](O)[C@H]1O)[C@H](O)[C@H](O)CCCCCCCCCCCC(C)CC. The summed E-state index contributed by atoms with van der Waals surface area (Å²) in [5, 5.41) is 75.8. The van der Waals surface area contributed by atoms with Crippen molar-refractivity contribution in [3.8, 4) is 0 Å². The molecule has 1 aliphatic heterocycles. The fourth-order valence-electron chi connectivity index (χ4n) is 8.36. The molecule has 8 N–H and O–H groups in total. The Morgan fingerprint density at radius 1 is 0.567 bits per heavy atom. The molecule has 358 valence electrons. The number of hydrogen-bond acceptors (Lipinski definition) is 10. The molecule has 0 aliphatic carbocycles. The van der Waals surface area contributed by atoms with Gasteiger partial charge in [0.15, 0.2) is 6.29 Å². The van der Waals surface area contributed by atoms with Crippen molar-refractivity contribution in [2.45, 2.75) is 288 Å². The first-order chi connectivity index (χ1) is 29.1. The molecule has 11 heteroatoms. The third-order valence-electron chi connectivity index (χ3n) is 13.0. The standard InChI is InChI=1S/C49H97NO10/c1-4-6-7-8-9-10-11-12-13-14-15-16-17-18-19-20-23-27-30-33-36-42(53)48(58)50-40(38-59-49-47(57)46(56)45(55)43(37-51)60-49)44(54)41(52)35-32-29-26-24-21-22-25-28-31-34-39(3)5-2/h39-47,49,51-57H,4-38H2,1-3H3,(H,50,58)/t39?,40-,41+,42+,43+,44-,45-,46-,47+,49-/m0/s1. The van der Waals surface area contributed by atoms with Crippen LogP contribution in [0.3, 0.4) is 0 Å². The largest absolute Gasteiger partial charge is 0.394 e. The molecule has 0 bridgehead atoms. The van der Waals surface area contributed by atoms with Gasteiger partial charge in [-0.05, 0) is 18.8 Å². The van der Waals surface area contributed by atoms with Crippen molar-refractivity contribution in [1.82, 2.24) is 5.32 Å². The molecule has 60 heavy (non-hydrogen) atoms. The monoisotopic (exact) mass is 860 g/mol. The van der Waals surface area contributed by atoms with Crippen LogP contribution in [0.1, 0.15) is 233 Å². The van der Waals surface area contributed by atoms with E-state index in [1.807, 2.05) is 0 Å². The van der Waals surface area contributed by atoms with E-state index in [0.717, 1.165) is 44.4 Å². The molecule has 0 spiro atoms. The van der Waals surface area contributed by atoms with E-state index in [-0.39, 0.29) is 6.42 Å². The van der Waals surface area contributed by atoms with Crippen LogP contribution in [0.15, 0.2) is 0 Å². The molecule has 1 unspecified atom stereocenters. The van der Waals surface area contributed by atoms with Crippen molar-refractivity contribution in [3.63, 3.8) is 0 Å². The zero-order chi connectivity index (χ0) is 44.2. The van der Waals surface area contributed by atoms with Crippen LogP contribution < -0.4 is 5.32 Å². The van der Waals surface area contributed by atoms with Crippen LogP contribution in [0.2, 0.25) is 0 Å². The lowest BCUT2D eigenvalue weighted by atomic mass is 9.98. The van der Waals surface area contributed by atoms with Gasteiger partial charge in [0.1, 0.15) is 36.6 Å². The molecule has 1 rings (SSSR count). The highest BCUT2D eigenvalue weighted by Gasteiger charge is 2.44. The molecule has 0 aromatic heterocycles. The lowest BCUT2D eigenvalue weighted by Crippen LogP contribution is -2.60. The van der Waals surface area contributed by atoms with Crippen molar-refractivity contribution in [2.24, 2.45) is 5.92 Å². The van der Waals surface area contributed by atoms with Crippen LogP contribution in [-0.2, 0) is 14.3 Å². The molecule has 1 saturated heterocycles. The zero-order valence-corrected chi connectivity index (χ0v) is 38.9. The summed E-state index contributed by atoms with van der Waals surface area (Å²) >= 11 is 0. The second-order valence-electron chi connectivity index (χ2n) is 18.5. The van der Waals surface area contributed by atoms with Gasteiger partial charge in [-0.1, -0.05) is 220 Å². The number of carbonyl (C=O) groups is 1. The minimum Gasteiger partial charge on any atom is -0.394 e. The Bertz CT molecular complexity index is 959. The topological polar surface area (TPSA) is 189 Å². The number of carbonyl (C=O) groups excluding carboxylic acids is 1. The Kier molecular flexibility index (Phi) is 36.7. The van der Waals surface area contributed by atoms with Gasteiger partial charge in [0.05, 0.1) is 25.4 Å². The molecule has 1 fully saturated rings. The maximum Gasteiger partial charge on any atom is 0.249 e. The van der Waals surface area contributed by atoms with E-state index in [1.165, 1.54) is 148 Å². The van der Waals surface area contributed by atoms with E-state index in [4.69, 9.17) is 9.47 Å². The van der Waals surface area contributed by atoms with E-state index in [1.54, 1.807) is 0 Å². The molecule has 0 aromatic rings. The van der Waals surface area contributed by atoms with Crippen molar-refractivity contribution >= 4 is 5.91 Å². The third kappa shape index (κ3) is 28.0. The Morgan fingerprint density at radius 2 is 0.967 bits per heavy atom. The van der Waals surface area contributed by atoms with Gasteiger partial charge in [0, 0.05) is 0 Å². The normalized spacial score (nSPS) is 22.1. The fraction of sp³-hybridized carbons (Fsp3) is 0.980. The summed E-state index contributed by atoms with van der Waals surface area (Å²) in [6, 6.07) is -1.16. The number of unbranched alkanes of at least 4 members (excludes halogenated alkanes) is 27. The van der Waals surface area contributed by atoms with Crippen LogP contribution in [-0.4, -0.2) is 110 Å². The first-order valence-corrected chi connectivity index (χ1v) is 25.3. The first-order valence-electron chi connectivity index (χ1n) is 25.3. The van der Waals surface area contributed by atoms with Gasteiger partial charge < -0.3 is 50.5 Å². The highest BCUT2D eigenvalue weighted by molar-refractivity contribution is 5.80. The van der Waals surface area contributed by atoms with Gasteiger partial charge in [0.25, 0.3) is 0 Å². The summed E-state index contributed by atoms with van der Waals surface area (Å²) in [5.41, 5.74) is 0. The predicted octanol–water partition coefficient (Wildman–Crippen LogP) is 8.92. The maximum absolute atomic E-state index is 13.1. The van der Waals surface area contributed by atoms with Crippen LogP contribution in [0.25, 0.3) is 0 Å². The Balaban J connectivity index is 2.37. The van der Waals surface area contributed by atoms with E-state index in [9.17, 15) is 40.5 Å². The second-order valence-corrected chi connectivity index (χ2v) is 18.5. The number of aliphatic hydroxyl groups is 7. The molecule has 1 heterocycles. The molecule has 1 aliphatic rings. The van der Waals surface area contributed by atoms with Gasteiger partial charge in [0.2, 0.25) is 5.91 Å². The van der Waals surface area contributed by atoms with Crippen molar-refractivity contribution in [1.29, 1.82) is 0 Å². The smallest absolute Gasteiger partial charge is 0.249 e. The van der Waals surface area contributed by atoms with Gasteiger partial charge in [-0.3, -0.25) is 4.79 Å². The number of amides is 1. The van der Waals surface area contributed by atoms with Crippen molar-refractivity contribution in [3.05, 3.63) is 0 Å². The number of hydrogen-bond donors (Lipinski definition) is 8. The van der Waals surface area contributed by atoms with Crippen LogP contribution in [0.4, 0.5) is 0 Å². The number of ether oxygens (including phenoxy) is 2. The van der Waals surface area contributed by atoms with Crippen molar-refractivity contribution in [2.75, 3.05) is 13.2 Å². The lowest BCUT2D eigenvalue weighted by molar-refractivity contribution is -0.303. The van der Waals surface area contributed by atoms with E-state index < -0.39 is 74.2 Å². The molecule has 0 radical (unpaired) electrons. The molecule has 0 aromatic carbocycles. The fourth-order valence-corrected chi connectivity index (χ4v) is 8.36. The maximum atomic E-state index is 13.1. The number of rotatable bonds is 42. The average Bonchev–Trinajstić information content (AvgIpc) is 3.25. The quantitative estimate of drug-likeness (QED) is 0.0275. The van der Waals surface area contributed by atoms with Gasteiger partial charge in [-0.2, -0.15) is 0 Å². The van der Waals surface area contributed by atoms with E-state index in [2.05, 4.69) is 26.1 Å². The zero-order valence-electron chi connectivity index (χ0n) is 38.9. The van der Waals surface area contributed by atoms with E-state index >= 15 is 0 Å².